The summed E-state index contributed by atoms with van der Waals surface area (Å²) in [5, 5.41) is 10.1. The van der Waals surface area contributed by atoms with Gasteiger partial charge in [-0.15, -0.1) is 5.10 Å². The number of likely N-dealkylation sites (N-methyl/N-ethyl adjacent to an activating group) is 1. The number of nitrogens with one attached hydrogen (secondary N) is 3. The van der Waals surface area contributed by atoms with Crippen molar-refractivity contribution in [1.82, 2.24) is 34.9 Å². The van der Waals surface area contributed by atoms with Gasteiger partial charge in [-0.25, -0.2) is 13.1 Å². The van der Waals surface area contributed by atoms with Crippen LogP contribution >= 0.6 is 0 Å². The van der Waals surface area contributed by atoms with Gasteiger partial charge in [-0.2, -0.15) is 0 Å². The largest absolute Gasteiger partial charge is 0.471 e. The van der Waals surface area contributed by atoms with Gasteiger partial charge in [-0.05, 0) is 69.4 Å². The van der Waals surface area contributed by atoms with Gasteiger partial charge in [0.05, 0.1) is 22.6 Å². The molecule has 1 aromatic carbocycles. The lowest BCUT2D eigenvalue weighted by Gasteiger charge is -2.33. The molecule has 5 amide bonds. The maximum Gasteiger partial charge on any atom is 0.311 e. The van der Waals surface area contributed by atoms with E-state index in [0.717, 1.165) is 4.90 Å². The summed E-state index contributed by atoms with van der Waals surface area (Å²) >= 11 is 0. The van der Waals surface area contributed by atoms with E-state index in [0.29, 0.717) is 42.9 Å². The molecule has 3 fully saturated rings. The molecule has 3 heterocycles. The summed E-state index contributed by atoms with van der Waals surface area (Å²) in [7, 11) is -1.08. The van der Waals surface area contributed by atoms with Crippen molar-refractivity contribution in [3.8, 4) is 5.88 Å². The van der Waals surface area contributed by atoms with E-state index in [-0.39, 0.29) is 47.6 Å². The number of rotatable bonds is 7. The van der Waals surface area contributed by atoms with Gasteiger partial charge >= 0.3 is 11.8 Å². The van der Waals surface area contributed by atoms with E-state index in [1.54, 1.807) is 31.2 Å². The first-order chi connectivity index (χ1) is 25.6. The van der Waals surface area contributed by atoms with E-state index in [1.807, 2.05) is 26.0 Å². The van der Waals surface area contributed by atoms with Crippen LogP contribution in [0.1, 0.15) is 70.0 Å². The van der Waals surface area contributed by atoms with E-state index < -0.39 is 80.4 Å². The first kappa shape index (κ1) is 38.9. The van der Waals surface area contributed by atoms with Crippen molar-refractivity contribution in [3.63, 3.8) is 0 Å². The predicted molar refractivity (Wildman–Crippen MR) is 204 cm³/mol. The fourth-order valence-corrected chi connectivity index (χ4v) is 8.93. The fraction of sp³-hybridized carbons (Fsp3) is 0.595. The number of allylic oxidation sites excluding steroid dienone is 1. The van der Waals surface area contributed by atoms with Gasteiger partial charge in [0.2, 0.25) is 27.7 Å². The number of amides is 5. The van der Waals surface area contributed by atoms with Crippen LogP contribution in [-0.4, -0.2) is 107 Å². The summed E-state index contributed by atoms with van der Waals surface area (Å²) in [4.78, 5) is 84.1. The number of fused-ring (bicyclic) bond motifs is 3. The molecule has 2 saturated carbocycles. The number of hydrogen-bond acceptors (Lipinski definition) is 10. The summed E-state index contributed by atoms with van der Waals surface area (Å²) in [5.41, 5.74) is -1.87. The van der Waals surface area contributed by atoms with Crippen molar-refractivity contribution in [3.05, 3.63) is 46.8 Å². The van der Waals surface area contributed by atoms with Gasteiger partial charge in [0.25, 0.3) is 11.5 Å². The van der Waals surface area contributed by atoms with Crippen LogP contribution in [-0.2, 0) is 40.5 Å². The molecular formula is C37H55N7O9S. The van der Waals surface area contributed by atoms with Crippen LogP contribution in [0.2, 0.25) is 0 Å². The van der Waals surface area contributed by atoms with Crippen molar-refractivity contribution in [1.29, 1.82) is 0 Å². The monoisotopic (exact) mass is 773 g/mol. The summed E-state index contributed by atoms with van der Waals surface area (Å²) < 4.78 is 35.6. The van der Waals surface area contributed by atoms with Gasteiger partial charge < -0.3 is 25.2 Å². The third-order valence-corrected chi connectivity index (χ3v) is 12.7. The highest BCUT2D eigenvalue weighted by atomic mass is 32.2. The average Bonchev–Trinajstić information content (AvgIpc) is 4.06. The van der Waals surface area contributed by atoms with Crippen LogP contribution in [0.3, 0.4) is 0 Å². The second-order valence-corrected chi connectivity index (χ2v) is 17.3. The van der Waals surface area contributed by atoms with Crippen molar-refractivity contribution in [2.24, 2.45) is 17.8 Å². The van der Waals surface area contributed by atoms with E-state index >= 15 is 0 Å². The van der Waals surface area contributed by atoms with Crippen LogP contribution in [0.5, 0.6) is 5.88 Å². The average molecular weight is 774 g/mol. The number of carbonyl (C=O) groups is 5. The summed E-state index contributed by atoms with van der Waals surface area (Å²) in [6.07, 6.45) is 5.76. The topological polar surface area (TPSA) is 206 Å². The molecule has 17 heteroatoms. The Labute approximate surface area is 318 Å². The Morgan fingerprint density at radius 2 is 1.78 bits per heavy atom. The van der Waals surface area contributed by atoms with Gasteiger partial charge in [0, 0.05) is 37.3 Å². The minimum Gasteiger partial charge on any atom is -0.471 e. The molecule has 3 N–H and O–H groups in total. The van der Waals surface area contributed by atoms with E-state index in [4.69, 9.17) is 4.74 Å². The van der Waals surface area contributed by atoms with E-state index in [9.17, 15) is 37.2 Å². The van der Waals surface area contributed by atoms with Gasteiger partial charge in [-0.1, -0.05) is 38.1 Å². The molecular weight excluding hydrogens is 719 g/mol. The number of aryl methyl sites for hydroxylation is 1. The van der Waals surface area contributed by atoms with Gasteiger partial charge in [-0.3, -0.25) is 33.5 Å². The SMILES string of the molecule is CCn1nc(O[C@@H]2C[C@H]3C(=O)N[C@]4(C(=O)NS(=O)(=O)C5CC5)C[C@H]4/C=C\CC[C@@H](C)C[C@@H](C)[C@H](NC(=O)C(=O)N(C)C)C(=O)N3C2)c2ccccc2c1=O.[HH].[HH].[HH]. The number of ether oxygens (including phenoxy) is 1. The second kappa shape index (κ2) is 15.1. The molecule has 0 unspecified atom stereocenters. The quantitative estimate of drug-likeness (QED) is 0.274. The second-order valence-electron chi connectivity index (χ2n) is 15.4. The predicted octanol–water partition coefficient (Wildman–Crippen LogP) is 1.57. The molecule has 1 saturated heterocycles. The number of hydrogen-bond donors (Lipinski definition) is 3. The zero-order valence-electron chi connectivity index (χ0n) is 31.2. The number of benzene rings is 1. The summed E-state index contributed by atoms with van der Waals surface area (Å²) in [6, 6.07) is 4.39. The Morgan fingerprint density at radius 1 is 1.07 bits per heavy atom. The van der Waals surface area contributed by atoms with E-state index in [1.165, 1.54) is 23.7 Å². The van der Waals surface area contributed by atoms with Gasteiger partial charge in [0.1, 0.15) is 23.7 Å². The molecule has 16 nitrogen and oxygen atoms in total. The van der Waals surface area contributed by atoms with Crippen molar-refractivity contribution >= 4 is 50.3 Å². The number of nitrogens with zero attached hydrogens (tertiary/aromatic N) is 4. The van der Waals surface area contributed by atoms with Crippen LogP contribution in [0, 0.1) is 17.8 Å². The number of aromatic nitrogens is 2. The van der Waals surface area contributed by atoms with Crippen molar-refractivity contribution in [2.75, 3.05) is 20.6 Å². The Morgan fingerprint density at radius 3 is 2.44 bits per heavy atom. The molecule has 2 aliphatic heterocycles. The van der Waals surface area contributed by atoms with E-state index in [2.05, 4.69) is 20.5 Å². The molecule has 0 spiro atoms. The molecule has 54 heavy (non-hydrogen) atoms. The fourth-order valence-electron chi connectivity index (χ4n) is 7.57. The zero-order valence-corrected chi connectivity index (χ0v) is 32.1. The third-order valence-electron chi connectivity index (χ3n) is 10.9. The van der Waals surface area contributed by atoms with Crippen LogP contribution < -0.4 is 25.7 Å². The molecule has 298 valence electrons. The first-order valence-electron chi connectivity index (χ1n) is 18.6. The minimum absolute atomic E-state index is 0. The Bertz CT molecular complexity index is 2060. The maximum absolute atomic E-state index is 14.7. The smallest absolute Gasteiger partial charge is 0.311 e. The Balaban J connectivity index is 0.00000290. The zero-order chi connectivity index (χ0) is 39.1. The third kappa shape index (κ3) is 7.86. The summed E-state index contributed by atoms with van der Waals surface area (Å²) in [5.74, 6) is -4.71. The lowest BCUT2D eigenvalue weighted by molar-refractivity contribution is -0.148. The van der Waals surface area contributed by atoms with Crippen LogP contribution in [0.15, 0.2) is 41.2 Å². The maximum atomic E-state index is 14.7. The molecule has 2 aliphatic carbocycles. The van der Waals surface area contributed by atoms with Crippen molar-refractivity contribution < 1.29 is 41.4 Å². The highest BCUT2D eigenvalue weighted by Crippen LogP contribution is 2.46. The standard InChI is InChI=1S/C37H49N7O9S.3H2/c1-6-44-33(47)27-14-10-9-13-26(27)32(40-44)53-24-18-28-30(45)39-37(36(50)41-54(51,52)25-15-16-25)19-23(37)12-8-7-11-21(2)17-22(3)29(34(48)43(28)20-24)38-31(46)35(49)42(4)5;;;/h8-10,12-14,21-25,28-29H,6-7,11,15-20H2,1-5H3,(H,38,46)(H,39,45)(H,41,50);3*1H/b12-8-;;;/t21-,22-,23-,24-,28+,29+,37-;;;/m1.../s1. The molecule has 4 aliphatic rings. The lowest BCUT2D eigenvalue weighted by Crippen LogP contribution is -2.59. The Hall–Kier alpha value is -4.80. The number of carbonyl (C=O) groups excluding carboxylic acids is 5. The van der Waals surface area contributed by atoms with Gasteiger partial charge in [0.15, 0.2) is 0 Å². The van der Waals surface area contributed by atoms with Crippen LogP contribution in [0.25, 0.3) is 10.8 Å². The minimum atomic E-state index is -3.93. The molecule has 1 aromatic heterocycles. The summed E-state index contributed by atoms with van der Waals surface area (Å²) in [6.45, 7) is 5.73. The highest BCUT2D eigenvalue weighted by Gasteiger charge is 2.62. The molecule has 0 radical (unpaired) electrons. The Kier molecular flexibility index (Phi) is 10.9. The highest BCUT2D eigenvalue weighted by molar-refractivity contribution is 7.91. The molecule has 6 rings (SSSR count). The number of sulfonamides is 1. The van der Waals surface area contributed by atoms with Crippen LogP contribution in [0.4, 0.5) is 0 Å². The molecule has 2 aromatic rings. The normalized spacial score (nSPS) is 29.5. The molecule has 0 bridgehead atoms. The van der Waals surface area contributed by atoms with Crippen molar-refractivity contribution in [2.45, 2.75) is 101 Å². The first-order valence-corrected chi connectivity index (χ1v) is 20.1. The lowest BCUT2D eigenvalue weighted by atomic mass is 9.87. The molecule has 7 atom stereocenters.